The summed E-state index contributed by atoms with van der Waals surface area (Å²) in [4.78, 5) is 8.85. The Morgan fingerprint density at radius 3 is 2.89 bits per heavy atom. The van der Waals surface area contributed by atoms with Gasteiger partial charge in [0.1, 0.15) is 40.3 Å². The van der Waals surface area contributed by atoms with Gasteiger partial charge in [0, 0.05) is 14.0 Å². The molecule has 0 bridgehead atoms. The van der Waals surface area contributed by atoms with E-state index in [9.17, 15) is 10.5 Å². The summed E-state index contributed by atoms with van der Waals surface area (Å²) in [6, 6.07) is 5.26. The van der Waals surface area contributed by atoms with E-state index in [0.29, 0.717) is 33.0 Å². The van der Waals surface area contributed by atoms with Gasteiger partial charge in [-0.15, -0.1) is 0 Å². The van der Waals surface area contributed by atoms with Gasteiger partial charge < -0.3 is 14.5 Å². The van der Waals surface area contributed by atoms with E-state index in [0.717, 1.165) is 12.8 Å². The third kappa shape index (κ3) is 2.10. The van der Waals surface area contributed by atoms with E-state index < -0.39 is 5.60 Å². The predicted octanol–water partition coefficient (Wildman–Crippen LogP) is 2.64. The van der Waals surface area contributed by atoms with Crippen molar-refractivity contribution in [2.24, 2.45) is 0 Å². The topological polar surface area (TPSA) is 116 Å². The van der Waals surface area contributed by atoms with Crippen molar-refractivity contribution in [2.45, 2.75) is 25.4 Å². The molecule has 3 heterocycles. The highest BCUT2D eigenvalue weighted by Crippen LogP contribution is 2.48. The summed E-state index contributed by atoms with van der Waals surface area (Å²) < 4.78 is 13.3. The molecule has 4 aromatic rings. The highest BCUT2D eigenvalue weighted by molar-refractivity contribution is 6.32. The van der Waals surface area contributed by atoms with Crippen LogP contribution in [0.4, 0.5) is 0 Å². The first-order valence-electron chi connectivity index (χ1n) is 8.52. The summed E-state index contributed by atoms with van der Waals surface area (Å²) in [5.74, 6) is 0.677. The van der Waals surface area contributed by atoms with Crippen LogP contribution in [0.1, 0.15) is 30.0 Å². The van der Waals surface area contributed by atoms with Crippen LogP contribution in [0.25, 0.3) is 28.1 Å². The first kappa shape index (κ1) is 16.9. The summed E-state index contributed by atoms with van der Waals surface area (Å²) in [7, 11) is 1.61. The molecule has 0 unspecified atom stereocenters. The molecule has 1 aliphatic rings. The Hall–Kier alpha value is -3.22. The Morgan fingerprint density at radius 1 is 1.43 bits per heavy atom. The smallest absolute Gasteiger partial charge is 0.260 e. The van der Waals surface area contributed by atoms with Crippen LogP contribution < -0.4 is 4.73 Å². The molecule has 0 atom stereocenters. The maximum absolute atomic E-state index is 13.0. The lowest BCUT2D eigenvalue weighted by molar-refractivity contribution is -0.583. The largest absolute Gasteiger partial charge is 0.618 e. The van der Waals surface area contributed by atoms with E-state index in [1.165, 1.54) is 0 Å². The van der Waals surface area contributed by atoms with Crippen LogP contribution >= 0.6 is 11.6 Å². The first-order chi connectivity index (χ1) is 13.5. The van der Waals surface area contributed by atoms with Crippen LogP contribution in [0.3, 0.4) is 0 Å². The van der Waals surface area contributed by atoms with Crippen LogP contribution in [0.5, 0.6) is 0 Å². The molecule has 0 N–H and O–H groups in total. The van der Waals surface area contributed by atoms with Crippen LogP contribution in [0.2, 0.25) is 5.02 Å². The second-order valence-electron chi connectivity index (χ2n) is 6.72. The molecule has 1 saturated carbocycles. The minimum absolute atomic E-state index is 0.118. The molecule has 1 aromatic carbocycles. The van der Waals surface area contributed by atoms with Crippen LogP contribution in [0.15, 0.2) is 23.0 Å². The number of rotatable bonds is 3. The molecular formula is C18H13ClN6O3. The highest BCUT2D eigenvalue weighted by Gasteiger charge is 2.50. The minimum Gasteiger partial charge on any atom is -0.618 e. The molecular weight excluding hydrogens is 384 g/mol. The van der Waals surface area contributed by atoms with Gasteiger partial charge in [-0.05, 0) is 25.0 Å². The lowest BCUT2D eigenvalue weighted by Gasteiger charge is -2.10. The fourth-order valence-electron chi connectivity index (χ4n) is 3.49. The molecule has 1 aliphatic carbocycles. The van der Waals surface area contributed by atoms with Gasteiger partial charge in [-0.3, -0.25) is 4.40 Å². The summed E-state index contributed by atoms with van der Waals surface area (Å²) in [6.45, 7) is 1.65. The van der Waals surface area contributed by atoms with E-state index in [1.807, 2.05) is 6.07 Å². The number of halogens is 1. The molecule has 9 nitrogen and oxygen atoms in total. The van der Waals surface area contributed by atoms with Crippen molar-refractivity contribution < 1.29 is 14.0 Å². The number of hydrogen-bond acceptors (Lipinski definition) is 7. The van der Waals surface area contributed by atoms with Crippen molar-refractivity contribution in [3.05, 3.63) is 45.8 Å². The molecule has 0 aliphatic heterocycles. The van der Waals surface area contributed by atoms with Gasteiger partial charge in [0.2, 0.25) is 11.5 Å². The second-order valence-corrected chi connectivity index (χ2v) is 7.12. The fraction of sp³-hybridized carbons (Fsp3) is 0.278. The number of nitrogens with zero attached hydrogens (tertiary/aromatic N) is 6. The number of methoxy groups -OCH3 is 1. The van der Waals surface area contributed by atoms with Gasteiger partial charge in [-0.25, -0.2) is 4.98 Å². The number of fused-ring (bicyclic) bond motifs is 3. The third-order valence-corrected chi connectivity index (χ3v) is 5.53. The van der Waals surface area contributed by atoms with Crippen molar-refractivity contribution in [1.29, 1.82) is 5.26 Å². The standard InChI is InChI=1S/C18H13ClN6O3/c1-9-14-13(16-22-17(28-23-16)18(27-2)5-6-18)21-8-24(14)12-4-3-11(19)10(7-20)15(12)25(9)26/h3-4,8H,5-6H2,1-2H3. The molecule has 0 radical (unpaired) electrons. The average molecular weight is 397 g/mol. The van der Waals surface area contributed by atoms with E-state index >= 15 is 0 Å². The lowest BCUT2D eigenvalue weighted by atomic mass is 10.1. The predicted molar refractivity (Wildman–Crippen MR) is 97.3 cm³/mol. The van der Waals surface area contributed by atoms with Crippen molar-refractivity contribution in [2.75, 3.05) is 7.11 Å². The van der Waals surface area contributed by atoms with Crippen molar-refractivity contribution in [3.63, 3.8) is 0 Å². The molecule has 0 spiro atoms. The number of benzene rings is 1. The molecule has 1 fully saturated rings. The number of aryl methyl sites for hydroxylation is 1. The highest BCUT2D eigenvalue weighted by atomic mass is 35.5. The van der Waals surface area contributed by atoms with Crippen LogP contribution in [0, 0.1) is 23.5 Å². The molecule has 0 saturated heterocycles. The summed E-state index contributed by atoms with van der Waals surface area (Å²) in [5.41, 5.74) is 1.59. The molecule has 10 heteroatoms. The molecule has 0 amide bonds. The zero-order chi connectivity index (χ0) is 19.6. The molecule has 5 rings (SSSR count). The van der Waals surface area contributed by atoms with Crippen molar-refractivity contribution >= 4 is 28.2 Å². The minimum atomic E-state index is -0.514. The Kier molecular flexibility index (Phi) is 3.41. The lowest BCUT2D eigenvalue weighted by Crippen LogP contribution is -2.33. The summed E-state index contributed by atoms with van der Waals surface area (Å²) in [6.07, 6.45) is 3.20. The Morgan fingerprint density at radius 2 is 2.21 bits per heavy atom. The zero-order valence-corrected chi connectivity index (χ0v) is 15.7. The zero-order valence-electron chi connectivity index (χ0n) is 14.9. The van der Waals surface area contributed by atoms with Gasteiger partial charge in [0.25, 0.3) is 11.4 Å². The van der Waals surface area contributed by atoms with Gasteiger partial charge in [0.15, 0.2) is 0 Å². The maximum Gasteiger partial charge on any atom is 0.260 e. The number of nitriles is 1. The Balaban J connectivity index is 1.79. The van der Waals surface area contributed by atoms with Gasteiger partial charge in [-0.2, -0.15) is 15.0 Å². The van der Waals surface area contributed by atoms with Gasteiger partial charge in [0.05, 0.1) is 5.02 Å². The van der Waals surface area contributed by atoms with Crippen LogP contribution in [-0.2, 0) is 10.3 Å². The van der Waals surface area contributed by atoms with Crippen molar-refractivity contribution in [3.8, 4) is 17.6 Å². The van der Waals surface area contributed by atoms with E-state index in [2.05, 4.69) is 15.1 Å². The van der Waals surface area contributed by atoms with Crippen molar-refractivity contribution in [1.82, 2.24) is 19.5 Å². The van der Waals surface area contributed by atoms with E-state index in [4.69, 9.17) is 20.9 Å². The maximum atomic E-state index is 13.0. The average Bonchev–Trinajstić information content (AvgIpc) is 3.13. The number of imidazole rings is 1. The normalized spacial score (nSPS) is 15.2. The third-order valence-electron chi connectivity index (χ3n) is 5.22. The number of ether oxygens (including phenoxy) is 1. The summed E-state index contributed by atoms with van der Waals surface area (Å²) >= 11 is 6.10. The van der Waals surface area contributed by atoms with E-state index in [-0.39, 0.29) is 21.9 Å². The SMILES string of the molecule is COC1(c2nc(-c3ncn4c3c(C)[n+]([O-])c3c(C#N)c(Cl)ccc34)no2)CC1. The Labute approximate surface area is 163 Å². The summed E-state index contributed by atoms with van der Waals surface area (Å²) in [5, 5.41) is 26.7. The quantitative estimate of drug-likeness (QED) is 0.386. The van der Waals surface area contributed by atoms with E-state index in [1.54, 1.807) is 36.9 Å². The number of hydrogen-bond donors (Lipinski definition) is 0. The Bertz CT molecular complexity index is 1310. The fourth-order valence-corrected chi connectivity index (χ4v) is 3.68. The first-order valence-corrected chi connectivity index (χ1v) is 8.90. The van der Waals surface area contributed by atoms with Gasteiger partial charge >= 0.3 is 0 Å². The second kappa shape index (κ2) is 5.64. The monoisotopic (exact) mass is 396 g/mol. The number of aromatic nitrogens is 5. The van der Waals surface area contributed by atoms with Crippen LogP contribution in [-0.4, -0.2) is 26.6 Å². The van der Waals surface area contributed by atoms with Gasteiger partial charge in [-0.1, -0.05) is 16.8 Å². The molecule has 3 aromatic heterocycles. The molecule has 140 valence electrons. The molecule has 28 heavy (non-hydrogen) atoms.